The minimum Gasteiger partial charge on any atom is -0.497 e. The van der Waals surface area contributed by atoms with Gasteiger partial charge in [0.25, 0.3) is 10.0 Å². The van der Waals surface area contributed by atoms with Gasteiger partial charge in [0.05, 0.1) is 24.3 Å². The largest absolute Gasteiger partial charge is 0.497 e. The van der Waals surface area contributed by atoms with Crippen molar-refractivity contribution in [3.05, 3.63) is 83.4 Å². The molecule has 1 atom stereocenters. The minimum absolute atomic E-state index is 0.0459. The van der Waals surface area contributed by atoms with Crippen LogP contribution in [-0.2, 0) is 26.2 Å². The van der Waals surface area contributed by atoms with Crippen molar-refractivity contribution in [1.29, 1.82) is 0 Å². The molecule has 0 bridgehead atoms. The Morgan fingerprint density at radius 3 is 2.19 bits per heavy atom. The van der Waals surface area contributed by atoms with Gasteiger partial charge in [-0.05, 0) is 73.9 Å². The van der Waals surface area contributed by atoms with Crippen molar-refractivity contribution in [2.24, 2.45) is 5.92 Å². The summed E-state index contributed by atoms with van der Waals surface area (Å²) in [5.41, 5.74) is 0.943. The number of halogens is 1. The maximum absolute atomic E-state index is 14.1. The number of anilines is 1. The maximum atomic E-state index is 14.1. The van der Waals surface area contributed by atoms with Gasteiger partial charge in [-0.15, -0.1) is 0 Å². The van der Waals surface area contributed by atoms with Crippen molar-refractivity contribution < 1.29 is 27.5 Å². The van der Waals surface area contributed by atoms with E-state index in [4.69, 9.17) is 21.1 Å². The van der Waals surface area contributed by atoms with Gasteiger partial charge in [-0.2, -0.15) is 0 Å². The van der Waals surface area contributed by atoms with Crippen molar-refractivity contribution in [3.8, 4) is 11.5 Å². The van der Waals surface area contributed by atoms with Gasteiger partial charge in [0.1, 0.15) is 24.1 Å². The van der Waals surface area contributed by atoms with Gasteiger partial charge in [-0.25, -0.2) is 8.42 Å². The molecule has 226 valence electrons. The third-order valence-electron chi connectivity index (χ3n) is 6.48. The lowest BCUT2D eigenvalue weighted by Crippen LogP contribution is -2.51. The van der Waals surface area contributed by atoms with Crippen LogP contribution < -0.4 is 19.1 Å². The summed E-state index contributed by atoms with van der Waals surface area (Å²) in [6, 6.07) is 18.6. The molecule has 0 aliphatic carbocycles. The second-order valence-electron chi connectivity index (χ2n) is 10.1. The first-order valence-corrected chi connectivity index (χ1v) is 15.5. The average molecular weight is 616 g/mol. The summed E-state index contributed by atoms with van der Waals surface area (Å²) in [6.07, 6.45) is 0. The molecule has 1 unspecified atom stereocenters. The van der Waals surface area contributed by atoms with Crippen LogP contribution in [0.1, 0.15) is 33.3 Å². The van der Waals surface area contributed by atoms with Crippen LogP contribution in [0.3, 0.4) is 0 Å². The number of nitrogens with zero attached hydrogens (tertiary/aromatic N) is 2. The topological polar surface area (TPSA) is 105 Å². The molecular formula is C31H38ClN3O6S. The van der Waals surface area contributed by atoms with Gasteiger partial charge in [0.2, 0.25) is 11.8 Å². The fraction of sp³-hybridized carbons (Fsp3) is 0.355. The molecule has 11 heteroatoms. The molecule has 0 aromatic heterocycles. The molecular weight excluding hydrogens is 578 g/mol. The predicted octanol–water partition coefficient (Wildman–Crippen LogP) is 5.13. The molecule has 3 aromatic rings. The van der Waals surface area contributed by atoms with E-state index in [2.05, 4.69) is 5.32 Å². The molecule has 42 heavy (non-hydrogen) atoms. The molecule has 1 N–H and O–H groups in total. The molecule has 0 aliphatic rings. The van der Waals surface area contributed by atoms with Crippen LogP contribution in [0.5, 0.6) is 11.5 Å². The highest BCUT2D eigenvalue weighted by Gasteiger charge is 2.33. The highest BCUT2D eigenvalue weighted by Crippen LogP contribution is 2.33. The van der Waals surface area contributed by atoms with Crippen LogP contribution in [0, 0.1) is 5.92 Å². The van der Waals surface area contributed by atoms with E-state index < -0.39 is 28.5 Å². The number of sulfonamides is 1. The number of carbonyl (C=O) groups excluding carboxylic acids is 2. The second-order valence-corrected chi connectivity index (χ2v) is 12.3. The van der Waals surface area contributed by atoms with Gasteiger partial charge in [-0.1, -0.05) is 49.7 Å². The number of benzene rings is 3. The number of ether oxygens (including phenoxy) is 2. The van der Waals surface area contributed by atoms with Gasteiger partial charge < -0.3 is 19.7 Å². The lowest BCUT2D eigenvalue weighted by Gasteiger charge is -2.32. The van der Waals surface area contributed by atoms with E-state index in [1.165, 1.54) is 29.2 Å². The third-order valence-corrected chi connectivity index (χ3v) is 8.50. The number of rotatable bonds is 14. The fourth-order valence-electron chi connectivity index (χ4n) is 4.15. The number of nitrogens with one attached hydrogen (secondary N) is 1. The van der Waals surface area contributed by atoms with Crippen molar-refractivity contribution in [1.82, 2.24) is 10.2 Å². The summed E-state index contributed by atoms with van der Waals surface area (Å²) in [7, 11) is -2.70. The molecule has 0 saturated carbocycles. The Morgan fingerprint density at radius 2 is 1.60 bits per heavy atom. The highest BCUT2D eigenvalue weighted by molar-refractivity contribution is 7.92. The molecule has 9 nitrogen and oxygen atoms in total. The fourth-order valence-corrected chi connectivity index (χ4v) is 5.70. The normalized spacial score (nSPS) is 12.0. The Hall–Kier alpha value is -3.76. The molecule has 0 fully saturated rings. The monoisotopic (exact) mass is 615 g/mol. The number of carbonyl (C=O) groups is 2. The first kappa shape index (κ1) is 32.8. The first-order valence-electron chi connectivity index (χ1n) is 13.7. The molecule has 0 spiro atoms. The number of methoxy groups -OCH3 is 1. The highest BCUT2D eigenvalue weighted by atomic mass is 35.5. The molecule has 2 amide bonds. The Labute approximate surface area is 253 Å². The summed E-state index contributed by atoms with van der Waals surface area (Å²) in [5.74, 6) is 0.248. The van der Waals surface area contributed by atoms with Gasteiger partial charge >= 0.3 is 0 Å². The van der Waals surface area contributed by atoms with E-state index in [1.807, 2.05) is 13.8 Å². The Balaban J connectivity index is 2.06. The van der Waals surface area contributed by atoms with Crippen molar-refractivity contribution in [2.75, 3.05) is 31.1 Å². The smallest absolute Gasteiger partial charge is 0.264 e. The summed E-state index contributed by atoms with van der Waals surface area (Å²) >= 11 is 6.02. The number of para-hydroxylation sites is 2. The van der Waals surface area contributed by atoms with E-state index in [1.54, 1.807) is 69.5 Å². The van der Waals surface area contributed by atoms with Crippen LogP contribution in [0.2, 0.25) is 5.02 Å². The molecule has 0 heterocycles. The summed E-state index contributed by atoms with van der Waals surface area (Å²) < 4.78 is 40.1. The predicted molar refractivity (Wildman–Crippen MR) is 164 cm³/mol. The van der Waals surface area contributed by atoms with Crippen LogP contribution in [0.4, 0.5) is 5.69 Å². The summed E-state index contributed by atoms with van der Waals surface area (Å²) in [4.78, 5) is 28.6. The van der Waals surface area contributed by atoms with E-state index >= 15 is 0 Å². The number of hydrogen-bond donors (Lipinski definition) is 1. The van der Waals surface area contributed by atoms with Gasteiger partial charge in [-0.3, -0.25) is 13.9 Å². The van der Waals surface area contributed by atoms with Crippen LogP contribution in [-0.4, -0.2) is 58.0 Å². The SMILES string of the molecule is CCOc1ccccc1N(CC(=O)N(Cc1ccc(OC)cc1)C(C)C(=O)NCC(C)C)S(=O)(=O)c1ccc(Cl)cc1. The summed E-state index contributed by atoms with van der Waals surface area (Å²) in [6.45, 7) is 7.58. The van der Waals surface area contributed by atoms with Gasteiger partial charge in [0.15, 0.2) is 0 Å². The van der Waals surface area contributed by atoms with Crippen LogP contribution in [0.25, 0.3) is 0 Å². The number of amides is 2. The standard InChI is InChI=1S/C31H38ClN3O6S/c1-6-41-29-10-8-7-9-28(29)35(42(38,39)27-17-13-25(32)14-18-27)21-30(36)34(23(4)31(37)33-19-22(2)3)20-24-11-15-26(40-5)16-12-24/h7-18,22-23H,6,19-21H2,1-5H3,(H,33,37). The molecule has 0 aliphatic heterocycles. The lowest BCUT2D eigenvalue weighted by molar-refractivity contribution is -0.139. The van der Waals surface area contributed by atoms with E-state index in [9.17, 15) is 18.0 Å². The molecule has 3 rings (SSSR count). The first-order chi connectivity index (χ1) is 20.0. The van der Waals surface area contributed by atoms with Gasteiger partial charge in [0, 0.05) is 18.1 Å². The van der Waals surface area contributed by atoms with E-state index in [0.29, 0.717) is 23.1 Å². The zero-order chi connectivity index (χ0) is 30.9. The summed E-state index contributed by atoms with van der Waals surface area (Å²) in [5, 5.41) is 3.25. The second kappa shape index (κ2) is 14.9. The molecule has 0 saturated heterocycles. The molecule has 0 radical (unpaired) electrons. The minimum atomic E-state index is -4.26. The van der Waals surface area contributed by atoms with E-state index in [0.717, 1.165) is 9.87 Å². The van der Waals surface area contributed by atoms with Crippen molar-refractivity contribution in [2.45, 2.75) is 45.2 Å². The molecule has 3 aromatic carbocycles. The Morgan fingerprint density at radius 1 is 0.952 bits per heavy atom. The third kappa shape index (κ3) is 8.39. The zero-order valence-corrected chi connectivity index (χ0v) is 26.1. The Bertz CT molecular complexity index is 1450. The van der Waals surface area contributed by atoms with Crippen LogP contribution in [0.15, 0.2) is 77.7 Å². The Kier molecular flexibility index (Phi) is 11.6. The van der Waals surface area contributed by atoms with Crippen LogP contribution >= 0.6 is 11.6 Å². The quantitative estimate of drug-likeness (QED) is 0.270. The van der Waals surface area contributed by atoms with Crippen molar-refractivity contribution in [3.63, 3.8) is 0 Å². The zero-order valence-electron chi connectivity index (χ0n) is 24.5. The lowest BCUT2D eigenvalue weighted by atomic mass is 10.1. The number of hydrogen-bond acceptors (Lipinski definition) is 6. The average Bonchev–Trinajstić information content (AvgIpc) is 2.98. The maximum Gasteiger partial charge on any atom is 0.264 e. The van der Waals surface area contributed by atoms with Crippen molar-refractivity contribution >= 4 is 39.1 Å². The van der Waals surface area contributed by atoms with E-state index in [-0.39, 0.29) is 35.6 Å².